The average molecular weight is 381 g/mol. The molecular formula is C19H22F3N3O2. The lowest BCUT2D eigenvalue weighted by Gasteiger charge is -2.17. The Hall–Kier alpha value is -2.90. The van der Waals surface area contributed by atoms with Gasteiger partial charge in [-0.15, -0.1) is 13.2 Å². The Morgan fingerprint density at radius 3 is 2.52 bits per heavy atom. The van der Waals surface area contributed by atoms with Gasteiger partial charge in [0.1, 0.15) is 5.75 Å². The second kappa shape index (κ2) is 8.66. The van der Waals surface area contributed by atoms with Crippen molar-refractivity contribution in [2.75, 3.05) is 26.0 Å². The van der Waals surface area contributed by atoms with Gasteiger partial charge in [0, 0.05) is 31.4 Å². The van der Waals surface area contributed by atoms with Gasteiger partial charge in [-0.2, -0.15) is 0 Å². The molecule has 0 saturated heterocycles. The summed E-state index contributed by atoms with van der Waals surface area (Å²) in [6.45, 7) is 4.61. The lowest BCUT2D eigenvalue weighted by Crippen LogP contribution is -2.17. The monoisotopic (exact) mass is 381 g/mol. The molecule has 2 aromatic carbocycles. The van der Waals surface area contributed by atoms with Crippen LogP contribution in [-0.2, 0) is 0 Å². The third-order valence-electron chi connectivity index (χ3n) is 3.86. The maximum Gasteiger partial charge on any atom is 0.573 e. The molecule has 0 bridgehead atoms. The summed E-state index contributed by atoms with van der Waals surface area (Å²) < 4.78 is 47.3. The summed E-state index contributed by atoms with van der Waals surface area (Å²) in [4.78, 5) is 6.34. The third-order valence-corrected chi connectivity index (χ3v) is 3.86. The number of nitrogens with zero attached hydrogens (tertiary/aromatic N) is 2. The molecule has 146 valence electrons. The minimum Gasteiger partial charge on any atom is -0.497 e. The molecular weight excluding hydrogens is 359 g/mol. The first-order chi connectivity index (χ1) is 12.7. The molecule has 0 saturated carbocycles. The predicted molar refractivity (Wildman–Crippen MR) is 101 cm³/mol. The Kier molecular flexibility index (Phi) is 6.55. The number of nitrogens with one attached hydrogen (secondary N) is 1. The van der Waals surface area contributed by atoms with Crippen LogP contribution in [0.1, 0.15) is 12.5 Å². The van der Waals surface area contributed by atoms with Crippen LogP contribution in [0, 0.1) is 6.92 Å². The lowest BCUT2D eigenvalue weighted by molar-refractivity contribution is -0.274. The van der Waals surface area contributed by atoms with Crippen molar-refractivity contribution in [1.82, 2.24) is 4.90 Å². The number of benzene rings is 2. The molecule has 0 aliphatic carbocycles. The number of methoxy groups -OCH3 is 1. The molecule has 0 heterocycles. The molecule has 0 radical (unpaired) electrons. The van der Waals surface area contributed by atoms with Gasteiger partial charge >= 0.3 is 6.36 Å². The van der Waals surface area contributed by atoms with Crippen LogP contribution < -0.4 is 14.8 Å². The molecule has 0 atom stereocenters. The summed E-state index contributed by atoms with van der Waals surface area (Å²) in [6.07, 6.45) is -3.09. The largest absolute Gasteiger partial charge is 0.573 e. The molecule has 0 aliphatic rings. The van der Waals surface area contributed by atoms with Crippen LogP contribution in [0.3, 0.4) is 0 Å². The van der Waals surface area contributed by atoms with Crippen LogP contribution >= 0.6 is 0 Å². The van der Waals surface area contributed by atoms with E-state index in [1.165, 1.54) is 25.3 Å². The smallest absolute Gasteiger partial charge is 0.497 e. The highest BCUT2D eigenvalue weighted by atomic mass is 19.4. The summed E-state index contributed by atoms with van der Waals surface area (Å²) in [5, 5.41) is 2.99. The van der Waals surface area contributed by atoms with Crippen LogP contribution in [-0.4, -0.2) is 38.3 Å². The standard InChI is InChI=1S/C19H22F3N3O2/c1-5-25(3)12-23-16-10-14(26-4)11-17(13(16)2)24-15-8-6-7-9-18(15)27-19(20,21)22/h6-12,24H,5H2,1-4H3. The van der Waals surface area contributed by atoms with Crippen molar-refractivity contribution in [3.8, 4) is 11.5 Å². The number of alkyl halides is 3. The van der Waals surface area contributed by atoms with E-state index >= 15 is 0 Å². The fraction of sp³-hybridized carbons (Fsp3) is 0.316. The summed E-state index contributed by atoms with van der Waals surface area (Å²) in [7, 11) is 3.41. The van der Waals surface area contributed by atoms with Crippen LogP contribution in [0.2, 0.25) is 0 Å². The van der Waals surface area contributed by atoms with E-state index in [-0.39, 0.29) is 11.4 Å². The highest BCUT2D eigenvalue weighted by molar-refractivity contribution is 5.76. The first kappa shape index (κ1) is 20.4. The number of halogens is 3. The fourth-order valence-corrected chi connectivity index (χ4v) is 2.23. The third kappa shape index (κ3) is 5.80. The number of hydrogen-bond donors (Lipinski definition) is 1. The van der Waals surface area contributed by atoms with Crippen molar-refractivity contribution < 1.29 is 22.6 Å². The van der Waals surface area contributed by atoms with Crippen molar-refractivity contribution in [3.05, 3.63) is 42.0 Å². The SMILES string of the molecule is CCN(C)C=Nc1cc(OC)cc(Nc2ccccc2OC(F)(F)F)c1C. The van der Waals surface area contributed by atoms with E-state index < -0.39 is 6.36 Å². The van der Waals surface area contributed by atoms with Gasteiger partial charge in [0.25, 0.3) is 0 Å². The fourth-order valence-electron chi connectivity index (χ4n) is 2.23. The first-order valence-corrected chi connectivity index (χ1v) is 8.28. The average Bonchev–Trinajstić information content (AvgIpc) is 2.62. The van der Waals surface area contributed by atoms with Crippen LogP contribution in [0.15, 0.2) is 41.4 Å². The Labute approximate surface area is 156 Å². The first-order valence-electron chi connectivity index (χ1n) is 8.28. The van der Waals surface area contributed by atoms with E-state index in [1.54, 1.807) is 24.5 Å². The van der Waals surface area contributed by atoms with Crippen LogP contribution in [0.5, 0.6) is 11.5 Å². The molecule has 0 amide bonds. The zero-order valence-corrected chi connectivity index (χ0v) is 15.6. The Morgan fingerprint density at radius 2 is 1.89 bits per heavy atom. The zero-order chi connectivity index (χ0) is 20.0. The normalized spacial score (nSPS) is 11.5. The highest BCUT2D eigenvalue weighted by Gasteiger charge is 2.32. The quantitative estimate of drug-likeness (QED) is 0.525. The second-order valence-corrected chi connectivity index (χ2v) is 5.81. The maximum atomic E-state index is 12.6. The molecule has 5 nitrogen and oxygen atoms in total. The van der Waals surface area contributed by atoms with Gasteiger partial charge in [-0.25, -0.2) is 4.99 Å². The predicted octanol–water partition coefficient (Wildman–Crippen LogP) is 5.26. The van der Waals surface area contributed by atoms with E-state index in [0.29, 0.717) is 17.1 Å². The van der Waals surface area contributed by atoms with Gasteiger partial charge in [0.15, 0.2) is 5.75 Å². The van der Waals surface area contributed by atoms with Crippen molar-refractivity contribution in [2.45, 2.75) is 20.2 Å². The molecule has 0 aromatic heterocycles. The molecule has 0 unspecified atom stereocenters. The number of rotatable bonds is 7. The van der Waals surface area contributed by atoms with E-state index in [1.807, 2.05) is 25.8 Å². The van der Waals surface area contributed by atoms with Crippen molar-refractivity contribution in [1.29, 1.82) is 0 Å². The van der Waals surface area contributed by atoms with Crippen LogP contribution in [0.4, 0.5) is 30.2 Å². The van der Waals surface area contributed by atoms with E-state index in [4.69, 9.17) is 4.74 Å². The second-order valence-electron chi connectivity index (χ2n) is 5.81. The van der Waals surface area contributed by atoms with Gasteiger partial charge in [-0.1, -0.05) is 12.1 Å². The molecule has 1 N–H and O–H groups in total. The summed E-state index contributed by atoms with van der Waals surface area (Å²) in [5.41, 5.74) is 2.16. The Morgan fingerprint density at radius 1 is 1.19 bits per heavy atom. The van der Waals surface area contributed by atoms with Crippen molar-refractivity contribution in [2.24, 2.45) is 4.99 Å². The number of ether oxygens (including phenoxy) is 2. The topological polar surface area (TPSA) is 46.1 Å². The Bertz CT molecular complexity index is 807. The maximum absolute atomic E-state index is 12.6. The van der Waals surface area contributed by atoms with Gasteiger partial charge in [0.2, 0.25) is 0 Å². The Balaban J connectivity index is 2.41. The van der Waals surface area contributed by atoms with Gasteiger partial charge in [0.05, 0.1) is 24.8 Å². The van der Waals surface area contributed by atoms with E-state index in [0.717, 1.165) is 12.1 Å². The van der Waals surface area contributed by atoms with Crippen molar-refractivity contribution in [3.63, 3.8) is 0 Å². The zero-order valence-electron chi connectivity index (χ0n) is 15.6. The van der Waals surface area contributed by atoms with Gasteiger partial charge in [-0.3, -0.25) is 0 Å². The summed E-state index contributed by atoms with van der Waals surface area (Å²) in [6, 6.07) is 9.31. The van der Waals surface area contributed by atoms with E-state index in [9.17, 15) is 13.2 Å². The molecule has 0 aliphatic heterocycles. The van der Waals surface area contributed by atoms with Gasteiger partial charge in [-0.05, 0) is 31.5 Å². The minimum atomic E-state index is -4.78. The molecule has 0 spiro atoms. The van der Waals surface area contributed by atoms with Gasteiger partial charge < -0.3 is 19.7 Å². The summed E-state index contributed by atoms with van der Waals surface area (Å²) >= 11 is 0. The minimum absolute atomic E-state index is 0.187. The number of hydrogen-bond acceptors (Lipinski definition) is 4. The van der Waals surface area contributed by atoms with Crippen LogP contribution in [0.25, 0.3) is 0 Å². The van der Waals surface area contributed by atoms with E-state index in [2.05, 4.69) is 15.0 Å². The lowest BCUT2D eigenvalue weighted by atomic mass is 10.1. The molecule has 2 aromatic rings. The summed E-state index contributed by atoms with van der Waals surface area (Å²) in [5.74, 6) is 0.214. The molecule has 8 heteroatoms. The molecule has 2 rings (SSSR count). The molecule has 27 heavy (non-hydrogen) atoms. The number of aliphatic imine (C=N–C) groups is 1. The number of para-hydroxylation sites is 2. The van der Waals surface area contributed by atoms with Crippen molar-refractivity contribution >= 4 is 23.4 Å². The highest BCUT2D eigenvalue weighted by Crippen LogP contribution is 2.37. The molecule has 0 fully saturated rings. The number of anilines is 2.